The summed E-state index contributed by atoms with van der Waals surface area (Å²) in [5.74, 6) is 0. The summed E-state index contributed by atoms with van der Waals surface area (Å²) in [5.41, 5.74) is 0. The molecule has 0 unspecified atom stereocenters. The SMILES string of the molecule is COCCCN(CCO)C1CCCC1. The summed E-state index contributed by atoms with van der Waals surface area (Å²) in [6.45, 7) is 3.01. The van der Waals surface area contributed by atoms with Crippen molar-refractivity contribution in [3.8, 4) is 0 Å². The Kier molecular flexibility index (Phi) is 6.15. The van der Waals surface area contributed by atoms with Gasteiger partial charge in [-0.05, 0) is 19.3 Å². The predicted octanol–water partition coefficient (Wildman–Crippen LogP) is 1.26. The van der Waals surface area contributed by atoms with Gasteiger partial charge in [0.2, 0.25) is 0 Å². The molecule has 0 spiro atoms. The average molecular weight is 201 g/mol. The summed E-state index contributed by atoms with van der Waals surface area (Å²) >= 11 is 0. The van der Waals surface area contributed by atoms with E-state index in [1.54, 1.807) is 7.11 Å². The van der Waals surface area contributed by atoms with Crippen molar-refractivity contribution in [1.29, 1.82) is 0 Å². The molecule has 0 bridgehead atoms. The number of rotatable bonds is 7. The first-order chi connectivity index (χ1) is 6.88. The van der Waals surface area contributed by atoms with E-state index in [1.807, 2.05) is 0 Å². The minimum atomic E-state index is 0.281. The average Bonchev–Trinajstić information content (AvgIpc) is 2.70. The molecule has 0 amide bonds. The molecule has 3 heteroatoms. The van der Waals surface area contributed by atoms with Gasteiger partial charge in [0.1, 0.15) is 0 Å². The van der Waals surface area contributed by atoms with Gasteiger partial charge >= 0.3 is 0 Å². The molecular weight excluding hydrogens is 178 g/mol. The van der Waals surface area contributed by atoms with E-state index in [9.17, 15) is 0 Å². The van der Waals surface area contributed by atoms with E-state index in [-0.39, 0.29) is 6.61 Å². The summed E-state index contributed by atoms with van der Waals surface area (Å²) in [4.78, 5) is 2.42. The molecule has 1 aliphatic rings. The molecule has 1 saturated carbocycles. The summed E-state index contributed by atoms with van der Waals surface area (Å²) in [6.07, 6.45) is 6.42. The molecule has 0 aromatic rings. The van der Waals surface area contributed by atoms with Crippen LogP contribution < -0.4 is 0 Å². The molecule has 0 atom stereocenters. The number of hydrogen-bond donors (Lipinski definition) is 1. The summed E-state index contributed by atoms with van der Waals surface area (Å²) in [6, 6.07) is 0.721. The van der Waals surface area contributed by atoms with E-state index in [0.717, 1.165) is 32.2 Å². The van der Waals surface area contributed by atoms with Crippen molar-refractivity contribution in [3.63, 3.8) is 0 Å². The summed E-state index contributed by atoms with van der Waals surface area (Å²) < 4.78 is 5.04. The summed E-state index contributed by atoms with van der Waals surface area (Å²) in [7, 11) is 1.74. The lowest BCUT2D eigenvalue weighted by molar-refractivity contribution is 0.127. The highest BCUT2D eigenvalue weighted by Crippen LogP contribution is 2.23. The Morgan fingerprint density at radius 1 is 1.29 bits per heavy atom. The van der Waals surface area contributed by atoms with Crippen molar-refractivity contribution in [2.75, 3.05) is 33.4 Å². The van der Waals surface area contributed by atoms with Gasteiger partial charge in [-0.3, -0.25) is 4.90 Å². The molecule has 3 nitrogen and oxygen atoms in total. The first kappa shape index (κ1) is 12.0. The number of aliphatic hydroxyl groups is 1. The zero-order chi connectivity index (χ0) is 10.2. The first-order valence-electron chi connectivity index (χ1n) is 5.72. The number of aliphatic hydroxyl groups excluding tert-OH is 1. The fourth-order valence-corrected chi connectivity index (χ4v) is 2.29. The van der Waals surface area contributed by atoms with E-state index < -0.39 is 0 Å². The number of methoxy groups -OCH3 is 1. The van der Waals surface area contributed by atoms with E-state index in [1.165, 1.54) is 25.7 Å². The van der Waals surface area contributed by atoms with E-state index in [2.05, 4.69) is 4.90 Å². The maximum atomic E-state index is 8.98. The molecule has 0 heterocycles. The lowest BCUT2D eigenvalue weighted by Crippen LogP contribution is -2.36. The van der Waals surface area contributed by atoms with Crippen LogP contribution in [0.25, 0.3) is 0 Å². The molecule has 1 N–H and O–H groups in total. The Morgan fingerprint density at radius 2 is 2.00 bits per heavy atom. The molecule has 1 rings (SSSR count). The van der Waals surface area contributed by atoms with Gasteiger partial charge in [-0.15, -0.1) is 0 Å². The second-order valence-corrected chi connectivity index (χ2v) is 4.04. The van der Waals surface area contributed by atoms with E-state index >= 15 is 0 Å². The zero-order valence-corrected chi connectivity index (χ0v) is 9.24. The molecule has 0 radical (unpaired) electrons. The van der Waals surface area contributed by atoms with Crippen LogP contribution in [0.5, 0.6) is 0 Å². The van der Waals surface area contributed by atoms with Gasteiger partial charge in [0.05, 0.1) is 6.61 Å². The van der Waals surface area contributed by atoms with Crippen LogP contribution in [-0.2, 0) is 4.74 Å². The topological polar surface area (TPSA) is 32.7 Å². The largest absolute Gasteiger partial charge is 0.395 e. The molecule has 0 aliphatic heterocycles. The van der Waals surface area contributed by atoms with Gasteiger partial charge < -0.3 is 9.84 Å². The quantitative estimate of drug-likeness (QED) is 0.629. The van der Waals surface area contributed by atoms with Crippen LogP contribution in [0.1, 0.15) is 32.1 Å². The van der Waals surface area contributed by atoms with Crippen LogP contribution in [0.4, 0.5) is 0 Å². The highest BCUT2D eigenvalue weighted by molar-refractivity contribution is 4.77. The van der Waals surface area contributed by atoms with Crippen molar-refractivity contribution in [3.05, 3.63) is 0 Å². The van der Waals surface area contributed by atoms with Gasteiger partial charge in [0.25, 0.3) is 0 Å². The Morgan fingerprint density at radius 3 is 2.57 bits per heavy atom. The van der Waals surface area contributed by atoms with E-state index in [4.69, 9.17) is 9.84 Å². The maximum Gasteiger partial charge on any atom is 0.0558 e. The highest BCUT2D eigenvalue weighted by atomic mass is 16.5. The van der Waals surface area contributed by atoms with Crippen LogP contribution in [0, 0.1) is 0 Å². The van der Waals surface area contributed by atoms with Crippen molar-refractivity contribution in [2.45, 2.75) is 38.1 Å². The lowest BCUT2D eigenvalue weighted by Gasteiger charge is -2.27. The van der Waals surface area contributed by atoms with Crippen molar-refractivity contribution in [2.24, 2.45) is 0 Å². The van der Waals surface area contributed by atoms with Crippen molar-refractivity contribution >= 4 is 0 Å². The van der Waals surface area contributed by atoms with Gasteiger partial charge in [0.15, 0.2) is 0 Å². The van der Waals surface area contributed by atoms with Crippen LogP contribution in [-0.4, -0.2) is 49.5 Å². The first-order valence-corrected chi connectivity index (χ1v) is 5.72. The molecule has 1 fully saturated rings. The Hall–Kier alpha value is -0.120. The fraction of sp³-hybridized carbons (Fsp3) is 1.00. The molecule has 0 aromatic carbocycles. The van der Waals surface area contributed by atoms with Crippen LogP contribution in [0.3, 0.4) is 0 Å². The number of nitrogens with zero attached hydrogens (tertiary/aromatic N) is 1. The standard InChI is InChI=1S/C11H23NO2/c1-14-10-4-7-12(8-9-13)11-5-2-3-6-11/h11,13H,2-10H2,1H3. The highest BCUT2D eigenvalue weighted by Gasteiger charge is 2.21. The third kappa shape index (κ3) is 3.95. The number of ether oxygens (including phenoxy) is 1. The summed E-state index contributed by atoms with van der Waals surface area (Å²) in [5, 5.41) is 8.98. The van der Waals surface area contributed by atoms with Gasteiger partial charge in [-0.25, -0.2) is 0 Å². The van der Waals surface area contributed by atoms with Gasteiger partial charge in [0, 0.05) is 32.8 Å². The molecule has 14 heavy (non-hydrogen) atoms. The third-order valence-electron chi connectivity index (χ3n) is 3.02. The maximum absolute atomic E-state index is 8.98. The Balaban J connectivity index is 2.22. The Labute approximate surface area is 87.1 Å². The van der Waals surface area contributed by atoms with Crippen LogP contribution in [0.2, 0.25) is 0 Å². The van der Waals surface area contributed by atoms with Gasteiger partial charge in [-0.2, -0.15) is 0 Å². The normalized spacial score (nSPS) is 18.2. The second-order valence-electron chi connectivity index (χ2n) is 4.04. The Bertz CT molecular complexity index is 135. The lowest BCUT2D eigenvalue weighted by atomic mass is 10.2. The molecule has 84 valence electrons. The predicted molar refractivity (Wildman–Crippen MR) is 57.4 cm³/mol. The van der Waals surface area contributed by atoms with Crippen LogP contribution in [0.15, 0.2) is 0 Å². The fourth-order valence-electron chi connectivity index (χ4n) is 2.29. The number of hydrogen-bond acceptors (Lipinski definition) is 3. The van der Waals surface area contributed by atoms with Crippen LogP contribution >= 0.6 is 0 Å². The van der Waals surface area contributed by atoms with Crippen molar-refractivity contribution in [1.82, 2.24) is 4.90 Å². The smallest absolute Gasteiger partial charge is 0.0558 e. The molecule has 1 aliphatic carbocycles. The minimum absolute atomic E-state index is 0.281. The zero-order valence-electron chi connectivity index (χ0n) is 9.24. The van der Waals surface area contributed by atoms with E-state index in [0.29, 0.717) is 0 Å². The monoisotopic (exact) mass is 201 g/mol. The third-order valence-corrected chi connectivity index (χ3v) is 3.02. The molecule has 0 aromatic heterocycles. The molecule has 0 saturated heterocycles. The molecular formula is C11H23NO2. The minimum Gasteiger partial charge on any atom is -0.395 e. The van der Waals surface area contributed by atoms with Crippen molar-refractivity contribution < 1.29 is 9.84 Å². The second kappa shape index (κ2) is 7.21. The van der Waals surface area contributed by atoms with Gasteiger partial charge in [-0.1, -0.05) is 12.8 Å².